The number of nitrogens with zero attached hydrogens (tertiary/aromatic N) is 1. The Morgan fingerprint density at radius 2 is 1.49 bits per heavy atom. The molecule has 5 aromatic rings. The molecule has 2 aromatic heterocycles. The molecule has 3 aromatic carbocycles. The molecule has 0 spiro atoms. The summed E-state index contributed by atoms with van der Waals surface area (Å²) in [6.07, 6.45) is 1.77. The van der Waals surface area contributed by atoms with E-state index in [2.05, 4.69) is 5.32 Å². The molecule has 0 radical (unpaired) electrons. The fourth-order valence-corrected chi connectivity index (χ4v) is 3.91. The molecule has 1 N–H and O–H groups in total. The highest BCUT2D eigenvalue weighted by Crippen LogP contribution is 2.32. The highest BCUT2D eigenvalue weighted by molar-refractivity contribution is 6.47. The number of ketones is 1. The number of anilines is 1. The van der Waals surface area contributed by atoms with Crippen LogP contribution in [-0.4, -0.2) is 23.2 Å². The van der Waals surface area contributed by atoms with Gasteiger partial charge in [-0.25, -0.2) is 0 Å². The maximum Gasteiger partial charge on any atom is 0.298 e. The number of rotatable bonds is 7. The van der Waals surface area contributed by atoms with E-state index < -0.39 is 11.7 Å². The van der Waals surface area contributed by atoms with Crippen molar-refractivity contribution in [2.45, 2.75) is 0 Å². The van der Waals surface area contributed by atoms with Crippen LogP contribution in [0.2, 0.25) is 0 Å². The minimum Gasteiger partial charge on any atom is -0.497 e. The van der Waals surface area contributed by atoms with Crippen molar-refractivity contribution < 1.29 is 19.1 Å². The zero-order chi connectivity index (χ0) is 24.2. The number of carbonyl (C=O) groups is 2. The average molecular weight is 463 g/mol. The van der Waals surface area contributed by atoms with Gasteiger partial charge in [-0.15, -0.1) is 0 Å². The number of nitrogens with one attached hydrogen (secondary N) is 1. The summed E-state index contributed by atoms with van der Waals surface area (Å²) in [6, 6.07) is 31.1. The second kappa shape index (κ2) is 9.57. The predicted octanol–water partition coefficient (Wildman–Crippen LogP) is 6.23. The third-order valence-electron chi connectivity index (χ3n) is 5.61. The van der Waals surface area contributed by atoms with E-state index in [1.165, 1.54) is 0 Å². The van der Waals surface area contributed by atoms with Crippen LogP contribution in [0.15, 0.2) is 109 Å². The zero-order valence-electron chi connectivity index (χ0n) is 19.0. The third-order valence-corrected chi connectivity index (χ3v) is 5.61. The summed E-state index contributed by atoms with van der Waals surface area (Å²) in [5, 5.41) is 2.73. The van der Waals surface area contributed by atoms with Crippen LogP contribution < -0.4 is 14.8 Å². The van der Waals surface area contributed by atoms with E-state index in [0.29, 0.717) is 28.5 Å². The van der Waals surface area contributed by atoms with Crippen LogP contribution in [0, 0.1) is 0 Å². The molecule has 0 aliphatic heterocycles. The smallest absolute Gasteiger partial charge is 0.298 e. The third kappa shape index (κ3) is 4.50. The first-order valence-corrected chi connectivity index (χ1v) is 11.1. The van der Waals surface area contributed by atoms with E-state index in [4.69, 9.17) is 9.47 Å². The van der Waals surface area contributed by atoms with Crippen molar-refractivity contribution in [3.05, 3.63) is 115 Å². The van der Waals surface area contributed by atoms with Gasteiger partial charge in [0.2, 0.25) is 0 Å². The van der Waals surface area contributed by atoms with Crippen molar-refractivity contribution in [3.8, 4) is 28.4 Å². The van der Waals surface area contributed by atoms with Crippen LogP contribution in [0.5, 0.6) is 17.2 Å². The Morgan fingerprint density at radius 3 is 2.26 bits per heavy atom. The van der Waals surface area contributed by atoms with Gasteiger partial charge in [-0.2, -0.15) is 0 Å². The Morgan fingerprint density at radius 1 is 0.771 bits per heavy atom. The van der Waals surface area contributed by atoms with Gasteiger partial charge in [-0.3, -0.25) is 9.59 Å². The molecule has 0 unspecified atom stereocenters. The number of hydrogen-bond donors (Lipinski definition) is 1. The number of Topliss-reactive ketones (excluding diaryl/α,β-unsaturated/α-hetero) is 1. The van der Waals surface area contributed by atoms with Crippen molar-refractivity contribution in [1.82, 2.24) is 4.40 Å². The van der Waals surface area contributed by atoms with E-state index in [0.717, 1.165) is 11.1 Å². The quantitative estimate of drug-likeness (QED) is 0.230. The van der Waals surface area contributed by atoms with Gasteiger partial charge in [0.05, 0.1) is 12.8 Å². The number of methoxy groups -OCH3 is 1. The molecule has 172 valence electrons. The lowest BCUT2D eigenvalue weighted by Crippen LogP contribution is -2.24. The van der Waals surface area contributed by atoms with Gasteiger partial charge in [0.25, 0.3) is 11.7 Å². The number of benzene rings is 3. The molecular weight excluding hydrogens is 440 g/mol. The van der Waals surface area contributed by atoms with Crippen LogP contribution >= 0.6 is 0 Å². The van der Waals surface area contributed by atoms with Crippen molar-refractivity contribution in [2.75, 3.05) is 12.4 Å². The van der Waals surface area contributed by atoms with Crippen LogP contribution in [0.1, 0.15) is 10.5 Å². The van der Waals surface area contributed by atoms with Crippen molar-refractivity contribution in [3.63, 3.8) is 0 Å². The molecule has 6 heteroatoms. The van der Waals surface area contributed by atoms with E-state index >= 15 is 0 Å². The summed E-state index contributed by atoms with van der Waals surface area (Å²) in [5.74, 6) is 0.359. The van der Waals surface area contributed by atoms with Gasteiger partial charge in [-0.05, 0) is 60.2 Å². The zero-order valence-corrected chi connectivity index (χ0v) is 19.0. The average Bonchev–Trinajstić information content (AvgIpc) is 3.29. The molecular formula is C29H22N2O4. The number of pyridine rings is 1. The maximum absolute atomic E-state index is 13.5. The summed E-state index contributed by atoms with van der Waals surface area (Å²) in [7, 11) is 1.60. The molecule has 0 aliphatic carbocycles. The Balaban J connectivity index is 1.49. The first-order chi connectivity index (χ1) is 17.1. The largest absolute Gasteiger partial charge is 0.497 e. The maximum atomic E-state index is 13.5. The molecule has 2 heterocycles. The van der Waals surface area contributed by atoms with E-state index in [9.17, 15) is 9.59 Å². The molecule has 0 bridgehead atoms. The molecule has 0 fully saturated rings. The van der Waals surface area contributed by atoms with Crippen LogP contribution in [0.3, 0.4) is 0 Å². The summed E-state index contributed by atoms with van der Waals surface area (Å²) in [6.45, 7) is 0. The van der Waals surface area contributed by atoms with Crippen molar-refractivity contribution in [1.29, 1.82) is 0 Å². The molecule has 1 amide bonds. The van der Waals surface area contributed by atoms with E-state index in [1.807, 2.05) is 78.9 Å². The van der Waals surface area contributed by atoms with Crippen LogP contribution in [0.4, 0.5) is 5.69 Å². The molecule has 6 nitrogen and oxygen atoms in total. The van der Waals surface area contributed by atoms with Gasteiger partial charge in [0.15, 0.2) is 5.75 Å². The summed E-state index contributed by atoms with van der Waals surface area (Å²) >= 11 is 0. The summed E-state index contributed by atoms with van der Waals surface area (Å²) < 4.78 is 12.9. The van der Waals surface area contributed by atoms with Gasteiger partial charge in [0, 0.05) is 17.3 Å². The number of amides is 1. The van der Waals surface area contributed by atoms with Crippen LogP contribution in [0.25, 0.3) is 16.6 Å². The minimum absolute atomic E-state index is 0.282. The fraction of sp³-hybridized carbons (Fsp3) is 0.0345. The fourth-order valence-electron chi connectivity index (χ4n) is 3.91. The first-order valence-electron chi connectivity index (χ1n) is 11.1. The number of para-hydroxylation sites is 3. The van der Waals surface area contributed by atoms with E-state index in [1.54, 1.807) is 42.0 Å². The Bertz CT molecular complexity index is 1510. The monoisotopic (exact) mass is 462 g/mol. The Labute approximate surface area is 202 Å². The molecule has 0 saturated carbocycles. The van der Waals surface area contributed by atoms with Crippen molar-refractivity contribution >= 4 is 22.9 Å². The van der Waals surface area contributed by atoms with Gasteiger partial charge in [0.1, 0.15) is 17.2 Å². The topological polar surface area (TPSA) is 69.0 Å². The highest BCUT2D eigenvalue weighted by atomic mass is 16.5. The summed E-state index contributed by atoms with van der Waals surface area (Å²) in [5.41, 5.74) is 2.96. The van der Waals surface area contributed by atoms with Gasteiger partial charge < -0.3 is 19.2 Å². The number of aromatic nitrogens is 1. The first kappa shape index (κ1) is 22.0. The normalized spacial score (nSPS) is 10.7. The molecule has 0 atom stereocenters. The lowest BCUT2D eigenvalue weighted by atomic mass is 10.0. The number of fused-ring (bicyclic) bond motifs is 1. The predicted molar refractivity (Wildman–Crippen MR) is 135 cm³/mol. The lowest BCUT2D eigenvalue weighted by Gasteiger charge is -2.12. The van der Waals surface area contributed by atoms with Gasteiger partial charge in [-0.1, -0.05) is 48.5 Å². The standard InChI is InChI=1S/C29H22N2O4/c1-34-22-16-14-20(15-17-22)24-19-21-9-7-8-18-31(21)27(24)28(32)29(33)30-25-12-5-6-13-26(25)35-23-10-3-2-4-11-23/h2-19H,1H3,(H,30,33). The van der Waals surface area contributed by atoms with Gasteiger partial charge >= 0.3 is 0 Å². The number of carbonyl (C=O) groups excluding carboxylic acids is 2. The Kier molecular flexibility index (Phi) is 6.01. The van der Waals surface area contributed by atoms with E-state index in [-0.39, 0.29) is 5.69 Å². The lowest BCUT2D eigenvalue weighted by molar-refractivity contribution is -0.112. The minimum atomic E-state index is -0.757. The molecule has 5 rings (SSSR count). The SMILES string of the molecule is COc1ccc(-c2cc3ccccn3c2C(=O)C(=O)Nc2ccccc2Oc2ccccc2)cc1. The van der Waals surface area contributed by atoms with Crippen LogP contribution in [-0.2, 0) is 4.79 Å². The molecule has 0 aliphatic rings. The van der Waals surface area contributed by atoms with Crippen molar-refractivity contribution in [2.24, 2.45) is 0 Å². The summed E-state index contributed by atoms with van der Waals surface area (Å²) in [4.78, 5) is 26.7. The second-order valence-electron chi connectivity index (χ2n) is 7.83. The second-order valence-corrected chi connectivity index (χ2v) is 7.83. The molecule has 35 heavy (non-hydrogen) atoms. The highest BCUT2D eigenvalue weighted by Gasteiger charge is 2.25. The molecule has 0 saturated heterocycles. The number of ether oxygens (including phenoxy) is 2. The Hall–Kier alpha value is -4.84. The number of hydrogen-bond acceptors (Lipinski definition) is 4.